The summed E-state index contributed by atoms with van der Waals surface area (Å²) in [6.07, 6.45) is 1.42. The second-order valence-electron chi connectivity index (χ2n) is 4.38. The van der Waals surface area contributed by atoms with Crippen molar-refractivity contribution in [1.29, 1.82) is 0 Å². The number of hydrazine groups is 1. The molecule has 0 atom stereocenters. The predicted octanol–water partition coefficient (Wildman–Crippen LogP) is 3.02. The molecule has 0 amide bonds. The van der Waals surface area contributed by atoms with Gasteiger partial charge in [0.05, 0.1) is 5.56 Å². The highest BCUT2D eigenvalue weighted by Crippen LogP contribution is 2.31. The first-order valence-electron chi connectivity index (χ1n) is 6.23. The normalized spacial score (nSPS) is 10.5. The lowest BCUT2D eigenvalue weighted by Gasteiger charge is -2.11. The Hall–Kier alpha value is -2.66. The van der Waals surface area contributed by atoms with Crippen molar-refractivity contribution in [2.24, 2.45) is 5.84 Å². The highest BCUT2D eigenvalue weighted by atomic mass is 16.5. The van der Waals surface area contributed by atoms with E-state index in [1.165, 1.54) is 6.33 Å². The van der Waals surface area contributed by atoms with Gasteiger partial charge < -0.3 is 10.2 Å². The van der Waals surface area contributed by atoms with Gasteiger partial charge in [0.1, 0.15) is 17.9 Å². The number of hydrogen-bond acceptors (Lipinski definition) is 5. The molecule has 3 aromatic rings. The SMILES string of the molecule is Cc1c(NN)ncnc1Oc1cccc2ccccc12. The monoisotopic (exact) mass is 266 g/mol. The molecule has 0 bridgehead atoms. The molecule has 0 fully saturated rings. The summed E-state index contributed by atoms with van der Waals surface area (Å²) in [5.41, 5.74) is 3.29. The third-order valence-corrected chi connectivity index (χ3v) is 3.13. The first-order valence-corrected chi connectivity index (χ1v) is 6.23. The molecule has 5 nitrogen and oxygen atoms in total. The Kier molecular flexibility index (Phi) is 3.18. The molecule has 20 heavy (non-hydrogen) atoms. The van der Waals surface area contributed by atoms with Crippen LogP contribution in [0.4, 0.5) is 5.82 Å². The second kappa shape index (κ2) is 5.14. The number of nitrogens with two attached hydrogens (primary N) is 1. The van der Waals surface area contributed by atoms with Crippen LogP contribution in [0.25, 0.3) is 10.8 Å². The summed E-state index contributed by atoms with van der Waals surface area (Å²) >= 11 is 0. The maximum Gasteiger partial charge on any atom is 0.227 e. The molecule has 0 saturated heterocycles. The van der Waals surface area contributed by atoms with Crippen molar-refractivity contribution in [3.63, 3.8) is 0 Å². The quantitative estimate of drug-likeness (QED) is 0.563. The Bertz CT molecular complexity index is 752. The van der Waals surface area contributed by atoms with Gasteiger partial charge in [0, 0.05) is 5.39 Å². The fraction of sp³-hybridized carbons (Fsp3) is 0.0667. The molecule has 0 aliphatic heterocycles. The predicted molar refractivity (Wildman–Crippen MR) is 78.6 cm³/mol. The Morgan fingerprint density at radius 2 is 1.85 bits per heavy atom. The zero-order chi connectivity index (χ0) is 13.9. The Morgan fingerprint density at radius 3 is 2.70 bits per heavy atom. The second-order valence-corrected chi connectivity index (χ2v) is 4.38. The third-order valence-electron chi connectivity index (χ3n) is 3.13. The molecule has 2 aromatic carbocycles. The molecule has 100 valence electrons. The summed E-state index contributed by atoms with van der Waals surface area (Å²) in [6.45, 7) is 1.86. The van der Waals surface area contributed by atoms with Crippen molar-refractivity contribution >= 4 is 16.6 Å². The van der Waals surface area contributed by atoms with Crippen LogP contribution in [-0.2, 0) is 0 Å². The summed E-state index contributed by atoms with van der Waals surface area (Å²) in [5.74, 6) is 7.21. The van der Waals surface area contributed by atoms with Crippen LogP contribution in [-0.4, -0.2) is 9.97 Å². The number of nitrogen functional groups attached to an aromatic ring is 1. The van der Waals surface area contributed by atoms with Gasteiger partial charge in [-0.2, -0.15) is 0 Å². The fourth-order valence-corrected chi connectivity index (χ4v) is 2.07. The van der Waals surface area contributed by atoms with E-state index >= 15 is 0 Å². The summed E-state index contributed by atoms with van der Waals surface area (Å²) in [4.78, 5) is 8.19. The van der Waals surface area contributed by atoms with Gasteiger partial charge >= 0.3 is 0 Å². The van der Waals surface area contributed by atoms with Crippen LogP contribution in [0.3, 0.4) is 0 Å². The van der Waals surface area contributed by atoms with Crippen molar-refractivity contribution in [3.05, 3.63) is 54.4 Å². The number of rotatable bonds is 3. The van der Waals surface area contributed by atoms with Crippen molar-refractivity contribution < 1.29 is 4.74 Å². The van der Waals surface area contributed by atoms with E-state index in [4.69, 9.17) is 10.6 Å². The minimum atomic E-state index is 0.490. The van der Waals surface area contributed by atoms with Gasteiger partial charge in [0.2, 0.25) is 5.88 Å². The van der Waals surface area contributed by atoms with Gasteiger partial charge in [0.25, 0.3) is 0 Å². The van der Waals surface area contributed by atoms with Crippen LogP contribution in [0.1, 0.15) is 5.56 Å². The van der Waals surface area contributed by atoms with Gasteiger partial charge in [-0.05, 0) is 18.4 Å². The van der Waals surface area contributed by atoms with E-state index in [9.17, 15) is 0 Å². The number of aromatic nitrogens is 2. The number of nitrogens with one attached hydrogen (secondary N) is 1. The number of hydrogen-bond donors (Lipinski definition) is 2. The Labute approximate surface area is 116 Å². The molecule has 0 radical (unpaired) electrons. The maximum atomic E-state index is 5.92. The first kappa shape index (κ1) is 12.4. The molecule has 1 heterocycles. The summed E-state index contributed by atoms with van der Waals surface area (Å²) in [7, 11) is 0. The van der Waals surface area contributed by atoms with Gasteiger partial charge in [-0.1, -0.05) is 36.4 Å². The maximum absolute atomic E-state index is 5.92. The first-order chi connectivity index (χ1) is 9.79. The minimum absolute atomic E-state index is 0.490. The molecule has 0 aliphatic rings. The third kappa shape index (κ3) is 2.15. The standard InChI is InChI=1S/C15H14N4O/c1-10-14(19-16)17-9-18-15(10)20-13-8-4-6-11-5-2-3-7-12(11)13/h2-9H,16H2,1H3,(H,17,18,19). The fourth-order valence-electron chi connectivity index (χ4n) is 2.07. The van der Waals surface area contributed by atoms with Gasteiger partial charge in [0.15, 0.2) is 0 Å². The van der Waals surface area contributed by atoms with E-state index in [-0.39, 0.29) is 0 Å². The van der Waals surface area contributed by atoms with Crippen molar-refractivity contribution in [2.45, 2.75) is 6.92 Å². The average Bonchev–Trinajstić information content (AvgIpc) is 2.50. The van der Waals surface area contributed by atoms with Crippen molar-refractivity contribution in [1.82, 2.24) is 9.97 Å². The Balaban J connectivity index is 2.06. The number of ether oxygens (including phenoxy) is 1. The number of fused-ring (bicyclic) bond motifs is 1. The number of nitrogens with zero attached hydrogens (tertiary/aromatic N) is 2. The zero-order valence-corrected chi connectivity index (χ0v) is 11.0. The van der Waals surface area contributed by atoms with E-state index in [1.54, 1.807) is 0 Å². The van der Waals surface area contributed by atoms with Crippen LogP contribution < -0.4 is 16.0 Å². The van der Waals surface area contributed by atoms with Crippen molar-refractivity contribution in [2.75, 3.05) is 5.43 Å². The van der Waals surface area contributed by atoms with Crippen LogP contribution >= 0.6 is 0 Å². The van der Waals surface area contributed by atoms with Crippen LogP contribution in [0.15, 0.2) is 48.8 Å². The van der Waals surface area contributed by atoms with Gasteiger partial charge in [-0.25, -0.2) is 15.8 Å². The van der Waals surface area contributed by atoms with E-state index in [2.05, 4.69) is 15.4 Å². The van der Waals surface area contributed by atoms with Crippen molar-refractivity contribution in [3.8, 4) is 11.6 Å². The number of anilines is 1. The molecule has 3 N–H and O–H groups in total. The molecule has 1 aromatic heterocycles. The Morgan fingerprint density at radius 1 is 1.05 bits per heavy atom. The number of benzene rings is 2. The zero-order valence-electron chi connectivity index (χ0n) is 11.0. The summed E-state index contributed by atoms with van der Waals surface area (Å²) in [5, 5.41) is 2.16. The summed E-state index contributed by atoms with van der Waals surface area (Å²) in [6, 6.07) is 14.0. The minimum Gasteiger partial charge on any atom is -0.438 e. The average molecular weight is 266 g/mol. The summed E-state index contributed by atoms with van der Waals surface area (Å²) < 4.78 is 5.92. The molecule has 0 saturated carbocycles. The molecular formula is C15H14N4O. The lowest BCUT2D eigenvalue weighted by Crippen LogP contribution is -2.11. The lowest BCUT2D eigenvalue weighted by atomic mass is 10.1. The van der Waals surface area contributed by atoms with Crippen LogP contribution in [0.2, 0.25) is 0 Å². The molecule has 0 unspecified atom stereocenters. The molecule has 3 rings (SSSR count). The lowest BCUT2D eigenvalue weighted by molar-refractivity contribution is 0.463. The van der Waals surface area contributed by atoms with E-state index in [1.807, 2.05) is 49.4 Å². The van der Waals surface area contributed by atoms with Crippen LogP contribution in [0.5, 0.6) is 11.6 Å². The largest absolute Gasteiger partial charge is 0.438 e. The van der Waals surface area contributed by atoms with Gasteiger partial charge in [-0.15, -0.1) is 0 Å². The molecule has 0 aliphatic carbocycles. The highest BCUT2D eigenvalue weighted by molar-refractivity contribution is 5.88. The van der Waals surface area contributed by atoms with E-state index in [0.717, 1.165) is 22.1 Å². The van der Waals surface area contributed by atoms with Crippen LogP contribution in [0, 0.1) is 6.92 Å². The highest BCUT2D eigenvalue weighted by Gasteiger charge is 2.09. The smallest absolute Gasteiger partial charge is 0.227 e. The topological polar surface area (TPSA) is 73.1 Å². The van der Waals surface area contributed by atoms with Gasteiger partial charge in [-0.3, -0.25) is 0 Å². The van der Waals surface area contributed by atoms with E-state index < -0.39 is 0 Å². The molecule has 0 spiro atoms. The molecule has 5 heteroatoms. The molecular weight excluding hydrogens is 252 g/mol. The van der Waals surface area contributed by atoms with E-state index in [0.29, 0.717) is 11.7 Å².